The van der Waals surface area contributed by atoms with Crippen LogP contribution in [0.2, 0.25) is 0 Å². The maximum absolute atomic E-state index is 13.2. The standard InChI is InChI=1S/C22H31N3O2S/c1-2-3-4-8-11-25(13-12-24-14-16-27-17-15-24)22(26)20-18-23-21(28-20)19-9-6-5-7-10-19/h5-7,9-10,18H,2-4,8,11-17H2,1H3. The fourth-order valence-electron chi connectivity index (χ4n) is 3.37. The molecule has 1 saturated heterocycles. The second-order valence-corrected chi connectivity index (χ2v) is 8.23. The molecule has 2 heterocycles. The average Bonchev–Trinajstić information content (AvgIpc) is 3.24. The van der Waals surface area contributed by atoms with E-state index in [0.29, 0.717) is 0 Å². The first-order valence-electron chi connectivity index (χ1n) is 10.4. The summed E-state index contributed by atoms with van der Waals surface area (Å²) in [5.74, 6) is 0.115. The van der Waals surface area contributed by atoms with Crippen LogP contribution in [0.5, 0.6) is 0 Å². The van der Waals surface area contributed by atoms with Crippen LogP contribution in [0.1, 0.15) is 42.3 Å². The van der Waals surface area contributed by atoms with Crippen LogP contribution in [-0.4, -0.2) is 66.6 Å². The maximum atomic E-state index is 13.2. The van der Waals surface area contributed by atoms with Gasteiger partial charge >= 0.3 is 0 Å². The minimum absolute atomic E-state index is 0.115. The van der Waals surface area contributed by atoms with E-state index in [1.165, 1.54) is 30.6 Å². The SMILES string of the molecule is CCCCCCN(CCN1CCOCC1)C(=O)c1cnc(-c2ccccc2)s1. The number of benzene rings is 1. The van der Waals surface area contributed by atoms with Gasteiger partial charge in [-0.3, -0.25) is 9.69 Å². The Balaban J connectivity index is 1.63. The molecule has 0 radical (unpaired) electrons. The van der Waals surface area contributed by atoms with Crippen molar-refractivity contribution in [3.8, 4) is 10.6 Å². The van der Waals surface area contributed by atoms with E-state index in [1.54, 1.807) is 6.20 Å². The van der Waals surface area contributed by atoms with Crippen LogP contribution in [-0.2, 0) is 4.74 Å². The first-order chi connectivity index (χ1) is 13.8. The number of hydrogen-bond donors (Lipinski definition) is 0. The molecule has 1 amide bonds. The molecule has 5 nitrogen and oxygen atoms in total. The topological polar surface area (TPSA) is 45.7 Å². The van der Waals surface area contributed by atoms with Crippen molar-refractivity contribution in [3.05, 3.63) is 41.4 Å². The summed E-state index contributed by atoms with van der Waals surface area (Å²) in [4.78, 5) is 22.8. The number of hydrogen-bond acceptors (Lipinski definition) is 5. The van der Waals surface area contributed by atoms with Crippen molar-refractivity contribution in [2.45, 2.75) is 32.6 Å². The molecule has 0 saturated carbocycles. The molecule has 1 aromatic carbocycles. The van der Waals surface area contributed by atoms with E-state index in [4.69, 9.17) is 4.74 Å². The highest BCUT2D eigenvalue weighted by atomic mass is 32.1. The molecule has 28 heavy (non-hydrogen) atoms. The van der Waals surface area contributed by atoms with E-state index < -0.39 is 0 Å². The number of carbonyl (C=O) groups excluding carboxylic acids is 1. The van der Waals surface area contributed by atoms with Crippen molar-refractivity contribution in [2.75, 3.05) is 45.9 Å². The molecule has 0 spiro atoms. The number of morpholine rings is 1. The summed E-state index contributed by atoms with van der Waals surface area (Å²) in [7, 11) is 0. The molecule has 152 valence electrons. The van der Waals surface area contributed by atoms with Gasteiger partial charge in [0, 0.05) is 38.3 Å². The monoisotopic (exact) mass is 401 g/mol. The molecular weight excluding hydrogens is 370 g/mol. The van der Waals surface area contributed by atoms with E-state index in [0.717, 1.165) is 67.8 Å². The summed E-state index contributed by atoms with van der Waals surface area (Å²) < 4.78 is 5.43. The van der Waals surface area contributed by atoms with Gasteiger partial charge < -0.3 is 9.64 Å². The predicted molar refractivity (Wildman–Crippen MR) is 115 cm³/mol. The lowest BCUT2D eigenvalue weighted by Gasteiger charge is -2.30. The Morgan fingerprint density at radius 3 is 2.68 bits per heavy atom. The van der Waals surface area contributed by atoms with Crippen molar-refractivity contribution < 1.29 is 9.53 Å². The zero-order chi connectivity index (χ0) is 19.6. The quantitative estimate of drug-likeness (QED) is 0.561. The van der Waals surface area contributed by atoms with Crippen LogP contribution < -0.4 is 0 Å². The normalized spacial score (nSPS) is 14.9. The molecule has 3 rings (SSSR count). The smallest absolute Gasteiger partial charge is 0.265 e. The molecular formula is C22H31N3O2S. The van der Waals surface area contributed by atoms with Gasteiger partial charge in [-0.25, -0.2) is 4.98 Å². The minimum atomic E-state index is 0.115. The summed E-state index contributed by atoms with van der Waals surface area (Å²) in [6, 6.07) is 10.1. The van der Waals surface area contributed by atoms with Crippen molar-refractivity contribution in [1.82, 2.24) is 14.8 Å². The number of carbonyl (C=O) groups is 1. The van der Waals surface area contributed by atoms with E-state index in [2.05, 4.69) is 16.8 Å². The molecule has 0 N–H and O–H groups in total. The molecule has 1 aromatic heterocycles. The van der Waals surface area contributed by atoms with Crippen LogP contribution >= 0.6 is 11.3 Å². The maximum Gasteiger partial charge on any atom is 0.265 e. The highest BCUT2D eigenvalue weighted by molar-refractivity contribution is 7.16. The van der Waals surface area contributed by atoms with Gasteiger partial charge in [-0.1, -0.05) is 56.5 Å². The van der Waals surface area contributed by atoms with Crippen LogP contribution in [0, 0.1) is 0 Å². The van der Waals surface area contributed by atoms with Gasteiger partial charge in [-0.15, -0.1) is 11.3 Å². The van der Waals surface area contributed by atoms with Crippen LogP contribution in [0.25, 0.3) is 10.6 Å². The third-order valence-electron chi connectivity index (χ3n) is 5.10. The number of unbranched alkanes of at least 4 members (excludes halogenated alkanes) is 3. The Morgan fingerprint density at radius 2 is 1.93 bits per heavy atom. The van der Waals surface area contributed by atoms with Gasteiger partial charge in [-0.2, -0.15) is 0 Å². The van der Waals surface area contributed by atoms with Crippen LogP contribution in [0.4, 0.5) is 0 Å². The van der Waals surface area contributed by atoms with E-state index in [-0.39, 0.29) is 5.91 Å². The summed E-state index contributed by atoms with van der Waals surface area (Å²) in [6.45, 7) is 8.20. The largest absolute Gasteiger partial charge is 0.379 e. The zero-order valence-corrected chi connectivity index (χ0v) is 17.6. The Kier molecular flexibility index (Phi) is 8.45. The summed E-state index contributed by atoms with van der Waals surface area (Å²) in [5.41, 5.74) is 1.06. The Hall–Kier alpha value is -1.76. The third-order valence-corrected chi connectivity index (χ3v) is 6.13. The second kappa shape index (κ2) is 11.3. The number of nitrogens with zero attached hydrogens (tertiary/aromatic N) is 3. The Labute approximate surface area is 172 Å². The van der Waals surface area contributed by atoms with E-state index in [9.17, 15) is 4.79 Å². The molecule has 0 aliphatic carbocycles. The Morgan fingerprint density at radius 1 is 1.14 bits per heavy atom. The zero-order valence-electron chi connectivity index (χ0n) is 16.8. The summed E-state index contributed by atoms with van der Waals surface area (Å²) >= 11 is 1.49. The molecule has 2 aromatic rings. The lowest BCUT2D eigenvalue weighted by molar-refractivity contribution is 0.0324. The lowest BCUT2D eigenvalue weighted by atomic mass is 10.2. The molecule has 1 aliphatic rings. The molecule has 6 heteroatoms. The van der Waals surface area contributed by atoms with Gasteiger partial charge in [0.1, 0.15) is 9.88 Å². The third kappa shape index (κ3) is 6.12. The second-order valence-electron chi connectivity index (χ2n) is 7.20. The number of rotatable bonds is 10. The van der Waals surface area contributed by atoms with Crippen LogP contribution in [0.15, 0.2) is 36.5 Å². The number of amides is 1. The predicted octanol–water partition coefficient (Wildman–Crippen LogP) is 4.16. The van der Waals surface area contributed by atoms with Gasteiger partial charge in [0.25, 0.3) is 5.91 Å². The molecule has 1 fully saturated rings. The fourth-order valence-corrected chi connectivity index (χ4v) is 4.26. The molecule has 0 atom stereocenters. The molecule has 1 aliphatic heterocycles. The molecule has 0 bridgehead atoms. The fraction of sp³-hybridized carbons (Fsp3) is 0.545. The van der Waals surface area contributed by atoms with E-state index >= 15 is 0 Å². The van der Waals surface area contributed by atoms with Gasteiger partial charge in [0.05, 0.1) is 19.4 Å². The van der Waals surface area contributed by atoms with Gasteiger partial charge in [0.2, 0.25) is 0 Å². The first kappa shape index (κ1) is 21.0. The average molecular weight is 402 g/mol. The van der Waals surface area contributed by atoms with Crippen molar-refractivity contribution in [1.29, 1.82) is 0 Å². The number of aromatic nitrogens is 1. The summed E-state index contributed by atoms with van der Waals surface area (Å²) in [6.07, 6.45) is 6.41. The van der Waals surface area contributed by atoms with Crippen molar-refractivity contribution in [3.63, 3.8) is 0 Å². The number of ether oxygens (including phenoxy) is 1. The van der Waals surface area contributed by atoms with Gasteiger partial charge in [0.15, 0.2) is 0 Å². The highest BCUT2D eigenvalue weighted by Crippen LogP contribution is 2.25. The molecule has 0 unspecified atom stereocenters. The van der Waals surface area contributed by atoms with Crippen molar-refractivity contribution in [2.24, 2.45) is 0 Å². The van der Waals surface area contributed by atoms with Crippen LogP contribution in [0.3, 0.4) is 0 Å². The first-order valence-corrected chi connectivity index (χ1v) is 11.2. The minimum Gasteiger partial charge on any atom is -0.379 e. The summed E-state index contributed by atoms with van der Waals surface area (Å²) in [5, 5.41) is 0.906. The van der Waals surface area contributed by atoms with E-state index in [1.807, 2.05) is 35.2 Å². The highest BCUT2D eigenvalue weighted by Gasteiger charge is 2.20. The Bertz CT molecular complexity index is 714. The lowest BCUT2D eigenvalue weighted by Crippen LogP contribution is -2.43. The van der Waals surface area contributed by atoms with Crippen molar-refractivity contribution >= 4 is 17.2 Å². The van der Waals surface area contributed by atoms with Gasteiger partial charge in [-0.05, 0) is 6.42 Å². The number of thiazole rings is 1.